The smallest absolute Gasteiger partial charge is 0.351 e. The maximum atomic E-state index is 11.9. The minimum absolute atomic E-state index is 0.218. The number of hydrogen-bond donors (Lipinski definition) is 0. The first-order chi connectivity index (χ1) is 9.70. The van der Waals surface area contributed by atoms with Crippen LogP contribution >= 0.6 is 23.6 Å². The first-order valence-electron chi connectivity index (χ1n) is 6.46. The standard InChI is InChI=1S/C14H14ClNO3S/c15-13-8-10(16-9-17)6-7-12(13)14(18)19-20-11-4-2-1-3-5-11/h6-8,11H,1-5H2. The van der Waals surface area contributed by atoms with Crippen molar-refractivity contribution < 1.29 is 13.8 Å². The van der Waals surface area contributed by atoms with Crippen molar-refractivity contribution in [3.05, 3.63) is 28.8 Å². The molecule has 1 aliphatic rings. The Morgan fingerprint density at radius 3 is 2.75 bits per heavy atom. The van der Waals surface area contributed by atoms with Gasteiger partial charge in [-0.1, -0.05) is 30.9 Å². The van der Waals surface area contributed by atoms with Crippen LogP contribution in [0.5, 0.6) is 0 Å². The molecule has 1 fully saturated rings. The minimum atomic E-state index is -0.466. The van der Waals surface area contributed by atoms with Crippen LogP contribution in [0.2, 0.25) is 5.02 Å². The van der Waals surface area contributed by atoms with E-state index in [2.05, 4.69) is 4.99 Å². The highest BCUT2D eigenvalue weighted by atomic mass is 35.5. The van der Waals surface area contributed by atoms with Crippen molar-refractivity contribution in [1.82, 2.24) is 0 Å². The molecule has 0 unspecified atom stereocenters. The lowest BCUT2D eigenvalue weighted by atomic mass is 10.0. The highest BCUT2D eigenvalue weighted by Gasteiger charge is 2.19. The molecule has 1 aromatic rings. The van der Waals surface area contributed by atoms with Gasteiger partial charge in [-0.05, 0) is 31.0 Å². The summed E-state index contributed by atoms with van der Waals surface area (Å²) in [5, 5.41) is 0.598. The van der Waals surface area contributed by atoms with Gasteiger partial charge in [-0.3, -0.25) is 0 Å². The highest BCUT2D eigenvalue weighted by Crippen LogP contribution is 2.30. The van der Waals surface area contributed by atoms with Crippen molar-refractivity contribution in [1.29, 1.82) is 0 Å². The molecule has 0 saturated heterocycles. The molecule has 0 heterocycles. The van der Waals surface area contributed by atoms with E-state index in [0.29, 0.717) is 10.9 Å². The number of carbonyl (C=O) groups is 1. The van der Waals surface area contributed by atoms with Crippen LogP contribution in [0.15, 0.2) is 23.2 Å². The second kappa shape index (κ2) is 7.48. The number of rotatable bonds is 4. The second-order valence-corrected chi connectivity index (χ2v) is 6.03. The van der Waals surface area contributed by atoms with Gasteiger partial charge in [-0.2, -0.15) is 4.99 Å². The fourth-order valence-electron chi connectivity index (χ4n) is 2.11. The van der Waals surface area contributed by atoms with Crippen LogP contribution in [0.3, 0.4) is 0 Å². The minimum Gasteiger partial charge on any atom is -0.387 e. The zero-order valence-corrected chi connectivity index (χ0v) is 12.4. The average Bonchev–Trinajstić information content (AvgIpc) is 2.46. The van der Waals surface area contributed by atoms with Gasteiger partial charge in [0, 0.05) is 5.25 Å². The molecule has 6 heteroatoms. The topological polar surface area (TPSA) is 55.7 Å². The molecule has 1 saturated carbocycles. The van der Waals surface area contributed by atoms with Gasteiger partial charge in [-0.15, -0.1) is 0 Å². The monoisotopic (exact) mass is 311 g/mol. The van der Waals surface area contributed by atoms with E-state index in [9.17, 15) is 9.59 Å². The summed E-state index contributed by atoms with van der Waals surface area (Å²) in [6.45, 7) is 0. The molecule has 0 aromatic heterocycles. The molecule has 0 amide bonds. The van der Waals surface area contributed by atoms with Crippen molar-refractivity contribution in [3.8, 4) is 0 Å². The molecule has 0 aliphatic heterocycles. The molecule has 0 N–H and O–H groups in total. The summed E-state index contributed by atoms with van der Waals surface area (Å²) < 4.78 is 5.23. The summed E-state index contributed by atoms with van der Waals surface area (Å²) in [5.41, 5.74) is 0.640. The molecule has 1 aliphatic carbocycles. The van der Waals surface area contributed by atoms with E-state index in [0.717, 1.165) is 12.8 Å². The zero-order valence-electron chi connectivity index (χ0n) is 10.8. The Hall–Kier alpha value is -1.29. The van der Waals surface area contributed by atoms with Crippen molar-refractivity contribution in [2.45, 2.75) is 37.4 Å². The molecule has 0 atom stereocenters. The molecular weight excluding hydrogens is 298 g/mol. The predicted octanol–water partition coefficient (Wildman–Crippen LogP) is 4.45. The summed E-state index contributed by atoms with van der Waals surface area (Å²) in [6.07, 6.45) is 7.23. The van der Waals surface area contributed by atoms with Crippen molar-refractivity contribution in [2.75, 3.05) is 0 Å². The zero-order chi connectivity index (χ0) is 14.4. The van der Waals surface area contributed by atoms with Crippen molar-refractivity contribution in [3.63, 3.8) is 0 Å². The average molecular weight is 312 g/mol. The van der Waals surface area contributed by atoms with Crippen LogP contribution in [0.4, 0.5) is 5.69 Å². The van der Waals surface area contributed by atoms with Gasteiger partial charge in [0.05, 0.1) is 28.3 Å². The second-order valence-electron chi connectivity index (χ2n) is 4.59. The van der Waals surface area contributed by atoms with E-state index in [-0.39, 0.29) is 10.6 Å². The Labute approximate surface area is 126 Å². The Bertz CT molecular complexity index is 537. The van der Waals surface area contributed by atoms with Gasteiger partial charge in [0.15, 0.2) is 0 Å². The highest BCUT2D eigenvalue weighted by molar-refractivity contribution is 7.95. The largest absolute Gasteiger partial charge is 0.387 e. The Balaban J connectivity index is 1.96. The van der Waals surface area contributed by atoms with Crippen LogP contribution < -0.4 is 0 Å². The number of carbonyl (C=O) groups excluding carboxylic acids is 2. The SMILES string of the molecule is O=C=Nc1ccc(C(=O)OSC2CCCCC2)c(Cl)c1. The molecule has 0 radical (unpaired) electrons. The van der Waals surface area contributed by atoms with Crippen LogP contribution in [0.1, 0.15) is 42.5 Å². The fourth-order valence-corrected chi connectivity index (χ4v) is 3.20. The third kappa shape index (κ3) is 4.10. The van der Waals surface area contributed by atoms with Gasteiger partial charge >= 0.3 is 5.97 Å². The fraction of sp³-hybridized carbons (Fsp3) is 0.429. The van der Waals surface area contributed by atoms with Crippen LogP contribution in [0, 0.1) is 0 Å². The van der Waals surface area contributed by atoms with E-state index in [1.165, 1.54) is 55.6 Å². The molecule has 20 heavy (non-hydrogen) atoms. The number of hydrogen-bond acceptors (Lipinski definition) is 5. The maximum Gasteiger partial charge on any atom is 0.351 e. The first-order valence-corrected chi connectivity index (χ1v) is 7.64. The van der Waals surface area contributed by atoms with Crippen LogP contribution in [-0.4, -0.2) is 17.3 Å². The number of isocyanates is 1. The quantitative estimate of drug-likeness (QED) is 0.468. The van der Waals surface area contributed by atoms with Crippen molar-refractivity contribution in [2.24, 2.45) is 4.99 Å². The predicted molar refractivity (Wildman–Crippen MR) is 79.1 cm³/mol. The summed E-state index contributed by atoms with van der Waals surface area (Å²) in [5.74, 6) is -0.466. The van der Waals surface area contributed by atoms with Gasteiger partial charge in [0.25, 0.3) is 0 Å². The lowest BCUT2D eigenvalue weighted by Gasteiger charge is -2.19. The van der Waals surface area contributed by atoms with E-state index in [1.807, 2.05) is 0 Å². The van der Waals surface area contributed by atoms with Gasteiger partial charge < -0.3 is 4.18 Å². The Kier molecular flexibility index (Phi) is 5.65. The molecule has 4 nitrogen and oxygen atoms in total. The van der Waals surface area contributed by atoms with E-state index in [4.69, 9.17) is 15.8 Å². The van der Waals surface area contributed by atoms with Crippen LogP contribution in [-0.2, 0) is 8.98 Å². The molecule has 1 aromatic carbocycles. The van der Waals surface area contributed by atoms with Gasteiger partial charge in [-0.25, -0.2) is 9.59 Å². The third-order valence-electron chi connectivity index (χ3n) is 3.16. The summed E-state index contributed by atoms with van der Waals surface area (Å²) in [6, 6.07) is 4.47. The number of aliphatic imine (C=N–C) groups is 1. The summed E-state index contributed by atoms with van der Waals surface area (Å²) in [4.78, 5) is 25.5. The molecular formula is C14H14ClNO3S. The normalized spacial score (nSPS) is 15.4. The third-order valence-corrected chi connectivity index (χ3v) is 4.46. The molecule has 0 spiro atoms. The maximum absolute atomic E-state index is 11.9. The molecule has 0 bridgehead atoms. The first kappa shape index (κ1) is 15.1. The van der Waals surface area contributed by atoms with Crippen LogP contribution in [0.25, 0.3) is 0 Å². The molecule has 106 valence electrons. The number of benzene rings is 1. The van der Waals surface area contributed by atoms with E-state index < -0.39 is 5.97 Å². The van der Waals surface area contributed by atoms with Crippen molar-refractivity contribution >= 4 is 41.4 Å². The lowest BCUT2D eigenvalue weighted by Crippen LogP contribution is -2.11. The van der Waals surface area contributed by atoms with E-state index >= 15 is 0 Å². The van der Waals surface area contributed by atoms with E-state index in [1.54, 1.807) is 0 Å². The van der Waals surface area contributed by atoms with Gasteiger partial charge in [0.1, 0.15) is 0 Å². The number of nitrogens with zero attached hydrogens (tertiary/aromatic N) is 1. The summed E-state index contributed by atoms with van der Waals surface area (Å²) >= 11 is 7.21. The number of halogens is 1. The Morgan fingerprint density at radius 1 is 1.35 bits per heavy atom. The van der Waals surface area contributed by atoms with Gasteiger partial charge in [0.2, 0.25) is 6.08 Å². The summed E-state index contributed by atoms with van der Waals surface area (Å²) in [7, 11) is 0. The molecule has 2 rings (SSSR count). The lowest BCUT2D eigenvalue weighted by molar-refractivity contribution is 0.0766. The Morgan fingerprint density at radius 2 is 2.10 bits per heavy atom.